The Bertz CT molecular complexity index is 1260. The molecule has 1 aliphatic rings. The largest absolute Gasteiger partial charge is 0.459 e. The number of Topliss-reactive ketones (excluding diaryl/α,β-unsaturated/α-hetero) is 1. The predicted molar refractivity (Wildman–Crippen MR) is 119 cm³/mol. The smallest absolute Gasteiger partial charge is 0.437 e. The van der Waals surface area contributed by atoms with Crippen LogP contribution in [0, 0.1) is 5.92 Å². The molecular weight excluding hydrogens is 520 g/mol. The van der Waals surface area contributed by atoms with E-state index in [1.165, 1.54) is 53.8 Å². The number of carbonyl (C=O) groups excluding carboxylic acids is 2. The van der Waals surface area contributed by atoms with Gasteiger partial charge in [-0.05, 0) is 54.6 Å². The number of furan rings is 1. The van der Waals surface area contributed by atoms with Crippen LogP contribution >= 0.6 is 34.8 Å². The first kappa shape index (κ1) is 24.4. The van der Waals surface area contributed by atoms with Crippen molar-refractivity contribution in [1.29, 1.82) is 0 Å². The molecule has 0 saturated carbocycles. The summed E-state index contributed by atoms with van der Waals surface area (Å²) in [5, 5.41) is 15.1. The molecule has 1 aliphatic heterocycles. The Kier molecular flexibility index (Phi) is 6.32. The Labute approximate surface area is 205 Å². The number of aliphatic hydroxyl groups is 1. The number of amides is 2. The molecule has 34 heavy (non-hydrogen) atoms. The number of benzene rings is 2. The van der Waals surface area contributed by atoms with Crippen molar-refractivity contribution in [3.8, 4) is 11.3 Å². The third kappa shape index (κ3) is 4.36. The highest BCUT2D eigenvalue weighted by molar-refractivity contribution is 6.42. The molecular formula is C22H14Cl3F3N2O4. The molecule has 2 amide bonds. The minimum atomic E-state index is -5.39. The van der Waals surface area contributed by atoms with Crippen LogP contribution in [0.3, 0.4) is 0 Å². The normalized spacial score (nSPS) is 22.7. The van der Waals surface area contributed by atoms with E-state index in [9.17, 15) is 27.9 Å². The van der Waals surface area contributed by atoms with Gasteiger partial charge >= 0.3 is 12.2 Å². The number of carbonyl (C=O) groups is 2. The molecule has 1 saturated heterocycles. The first-order chi connectivity index (χ1) is 15.9. The summed E-state index contributed by atoms with van der Waals surface area (Å²) in [7, 11) is 0. The van der Waals surface area contributed by atoms with Crippen LogP contribution in [-0.4, -0.2) is 28.8 Å². The van der Waals surface area contributed by atoms with E-state index in [1.807, 2.05) is 0 Å². The van der Waals surface area contributed by atoms with Gasteiger partial charge in [0, 0.05) is 16.1 Å². The first-order valence-corrected chi connectivity index (χ1v) is 10.8. The van der Waals surface area contributed by atoms with Gasteiger partial charge in [-0.2, -0.15) is 13.2 Å². The number of halogens is 6. The third-order valence-corrected chi connectivity index (χ3v) is 6.35. The monoisotopic (exact) mass is 532 g/mol. The molecule has 0 aliphatic carbocycles. The van der Waals surface area contributed by atoms with Gasteiger partial charge in [-0.3, -0.25) is 4.79 Å². The van der Waals surface area contributed by atoms with Crippen molar-refractivity contribution < 1.29 is 32.3 Å². The Morgan fingerprint density at radius 3 is 2.29 bits per heavy atom. The van der Waals surface area contributed by atoms with E-state index in [0.717, 1.165) is 0 Å². The van der Waals surface area contributed by atoms with Crippen molar-refractivity contribution in [1.82, 2.24) is 10.6 Å². The fraction of sp³-hybridized carbons (Fsp3) is 0.182. The lowest BCUT2D eigenvalue weighted by Gasteiger charge is -2.44. The molecule has 12 heteroatoms. The lowest BCUT2D eigenvalue weighted by Crippen LogP contribution is -2.72. The summed E-state index contributed by atoms with van der Waals surface area (Å²) >= 11 is 17.7. The summed E-state index contributed by atoms with van der Waals surface area (Å²) in [5.74, 6) is -3.33. The molecule has 0 radical (unpaired) electrons. The summed E-state index contributed by atoms with van der Waals surface area (Å²) < 4.78 is 47.7. The standard InChI is InChI=1S/C22H14Cl3F3N2O4/c23-12-4-1-10(2-5-12)19(31)17-18(29-20(32)30-21(17,33)22(26,27)28)16-8-7-15(34-16)11-3-6-13(24)14(25)9-11/h1-9,17-18,33H,(H2,29,30,32)/t17-,18-,21+/m0/s1. The number of alkyl halides is 3. The Balaban J connectivity index is 1.81. The number of rotatable bonds is 4. The van der Waals surface area contributed by atoms with Crippen molar-refractivity contribution in [3.05, 3.63) is 81.0 Å². The lowest BCUT2D eigenvalue weighted by atomic mass is 9.79. The van der Waals surface area contributed by atoms with Crippen molar-refractivity contribution in [3.63, 3.8) is 0 Å². The molecule has 0 spiro atoms. The van der Waals surface area contributed by atoms with Gasteiger partial charge in [-0.15, -0.1) is 0 Å². The fourth-order valence-electron chi connectivity index (χ4n) is 3.69. The maximum atomic E-state index is 14.0. The second kappa shape index (κ2) is 8.81. The zero-order chi connectivity index (χ0) is 24.8. The van der Waals surface area contributed by atoms with E-state index < -0.39 is 35.7 Å². The highest BCUT2D eigenvalue weighted by atomic mass is 35.5. The number of urea groups is 1. The molecule has 0 bridgehead atoms. The summed E-state index contributed by atoms with van der Waals surface area (Å²) in [6, 6.07) is 9.36. The van der Waals surface area contributed by atoms with Crippen LogP contribution in [0.2, 0.25) is 15.1 Å². The van der Waals surface area contributed by atoms with Gasteiger partial charge in [-0.1, -0.05) is 34.8 Å². The Morgan fingerprint density at radius 2 is 1.68 bits per heavy atom. The van der Waals surface area contributed by atoms with E-state index >= 15 is 0 Å². The summed E-state index contributed by atoms with van der Waals surface area (Å²) in [5.41, 5.74) is -3.59. The summed E-state index contributed by atoms with van der Waals surface area (Å²) in [4.78, 5) is 25.4. The predicted octanol–water partition coefficient (Wildman–Crippen LogP) is 6.01. The maximum Gasteiger partial charge on any atom is 0.437 e. The molecule has 0 unspecified atom stereocenters. The van der Waals surface area contributed by atoms with Crippen LogP contribution in [-0.2, 0) is 0 Å². The van der Waals surface area contributed by atoms with E-state index in [2.05, 4.69) is 5.32 Å². The topological polar surface area (TPSA) is 91.6 Å². The van der Waals surface area contributed by atoms with Gasteiger partial charge < -0.3 is 20.2 Å². The first-order valence-electron chi connectivity index (χ1n) is 9.63. The summed E-state index contributed by atoms with van der Waals surface area (Å²) in [6.07, 6.45) is -5.39. The lowest BCUT2D eigenvalue weighted by molar-refractivity contribution is -0.288. The van der Waals surface area contributed by atoms with E-state index in [-0.39, 0.29) is 32.2 Å². The molecule has 1 aromatic heterocycles. The van der Waals surface area contributed by atoms with Crippen molar-refractivity contribution in [2.45, 2.75) is 17.9 Å². The average molecular weight is 534 g/mol. The highest BCUT2D eigenvalue weighted by Gasteiger charge is 2.66. The molecule has 2 aromatic carbocycles. The molecule has 3 atom stereocenters. The fourth-order valence-corrected chi connectivity index (χ4v) is 4.12. The molecule has 1 fully saturated rings. The minimum Gasteiger partial charge on any atom is -0.459 e. The van der Waals surface area contributed by atoms with Crippen LogP contribution in [0.15, 0.2) is 59.0 Å². The maximum absolute atomic E-state index is 14.0. The zero-order valence-electron chi connectivity index (χ0n) is 16.8. The van der Waals surface area contributed by atoms with Gasteiger partial charge in [0.15, 0.2) is 5.78 Å². The van der Waals surface area contributed by atoms with Crippen molar-refractivity contribution in [2.75, 3.05) is 0 Å². The quantitative estimate of drug-likeness (QED) is 0.358. The van der Waals surface area contributed by atoms with Gasteiger partial charge in [-0.25, -0.2) is 4.79 Å². The molecule has 3 aromatic rings. The second-order valence-corrected chi connectivity index (χ2v) is 8.77. The van der Waals surface area contributed by atoms with Crippen LogP contribution in [0.1, 0.15) is 22.2 Å². The van der Waals surface area contributed by atoms with Gasteiger partial charge in [0.1, 0.15) is 23.5 Å². The SMILES string of the molecule is O=C1N[C@@H](c2ccc(-c3ccc(Cl)c(Cl)c3)o2)[C@@H](C(=O)c2ccc(Cl)cc2)[C@@](O)(C(F)(F)F)N1. The van der Waals surface area contributed by atoms with Crippen LogP contribution < -0.4 is 10.6 Å². The van der Waals surface area contributed by atoms with Gasteiger partial charge in [0.05, 0.1) is 10.0 Å². The van der Waals surface area contributed by atoms with Crippen molar-refractivity contribution >= 4 is 46.6 Å². The van der Waals surface area contributed by atoms with E-state index in [4.69, 9.17) is 39.2 Å². The molecule has 3 N–H and O–H groups in total. The molecule has 2 heterocycles. The van der Waals surface area contributed by atoms with Crippen LogP contribution in [0.5, 0.6) is 0 Å². The van der Waals surface area contributed by atoms with Gasteiger partial charge in [0.25, 0.3) is 0 Å². The molecule has 6 nitrogen and oxygen atoms in total. The van der Waals surface area contributed by atoms with E-state index in [0.29, 0.717) is 5.56 Å². The van der Waals surface area contributed by atoms with Gasteiger partial charge in [0.2, 0.25) is 5.72 Å². The molecule has 178 valence electrons. The number of hydrogen-bond donors (Lipinski definition) is 3. The molecule has 4 rings (SSSR count). The zero-order valence-corrected chi connectivity index (χ0v) is 19.1. The number of ketones is 1. The Morgan fingerprint density at radius 1 is 1.00 bits per heavy atom. The average Bonchev–Trinajstić information content (AvgIpc) is 3.25. The minimum absolute atomic E-state index is 0.156. The van der Waals surface area contributed by atoms with E-state index in [1.54, 1.807) is 6.07 Å². The van der Waals surface area contributed by atoms with Crippen LogP contribution in [0.25, 0.3) is 11.3 Å². The number of hydrogen-bond acceptors (Lipinski definition) is 4. The van der Waals surface area contributed by atoms with Crippen LogP contribution in [0.4, 0.5) is 18.0 Å². The Hall–Kier alpha value is -2.72. The highest BCUT2D eigenvalue weighted by Crippen LogP contribution is 2.45. The second-order valence-electron chi connectivity index (χ2n) is 7.52. The number of nitrogens with one attached hydrogen (secondary N) is 2. The summed E-state index contributed by atoms with van der Waals surface area (Å²) in [6.45, 7) is 0. The third-order valence-electron chi connectivity index (χ3n) is 5.35. The van der Waals surface area contributed by atoms with Crippen molar-refractivity contribution in [2.24, 2.45) is 5.92 Å².